The Morgan fingerprint density at radius 2 is 1.75 bits per heavy atom. The number of halogens is 4. The first-order valence-corrected chi connectivity index (χ1v) is 10.1. The first-order valence-electron chi connectivity index (χ1n) is 10.1. The van der Waals surface area contributed by atoms with Gasteiger partial charge in [0.15, 0.2) is 0 Å². The summed E-state index contributed by atoms with van der Waals surface area (Å²) < 4.78 is 52.7. The van der Waals surface area contributed by atoms with Crippen LogP contribution in [-0.2, 0) is 10.2 Å². The second-order valence-electron chi connectivity index (χ2n) is 8.63. The molecule has 154 valence electrons. The summed E-state index contributed by atoms with van der Waals surface area (Å²) in [5.74, 6) is -1.50. The SMILES string of the molecule is CC(=O)N1CC2(CCN(C3CCC(C(F)(F)F)CC3)CC2)c2cc(F)ccc21. The molecule has 0 radical (unpaired) electrons. The Morgan fingerprint density at radius 3 is 2.32 bits per heavy atom. The third-order valence-corrected chi connectivity index (χ3v) is 7.09. The summed E-state index contributed by atoms with van der Waals surface area (Å²) in [6.45, 7) is 3.66. The molecule has 1 aromatic rings. The summed E-state index contributed by atoms with van der Waals surface area (Å²) in [5.41, 5.74) is 1.46. The van der Waals surface area contributed by atoms with Crippen LogP contribution < -0.4 is 4.90 Å². The number of carbonyl (C=O) groups is 1. The minimum atomic E-state index is -4.08. The number of rotatable bonds is 1. The lowest BCUT2D eigenvalue weighted by Crippen LogP contribution is -2.50. The summed E-state index contributed by atoms with van der Waals surface area (Å²) in [6, 6.07) is 4.84. The molecule has 1 saturated heterocycles. The van der Waals surface area contributed by atoms with E-state index >= 15 is 0 Å². The lowest BCUT2D eigenvalue weighted by atomic mass is 9.73. The van der Waals surface area contributed by atoms with Crippen molar-refractivity contribution >= 4 is 11.6 Å². The zero-order chi connectivity index (χ0) is 20.1. The summed E-state index contributed by atoms with van der Waals surface area (Å²) in [4.78, 5) is 16.1. The molecule has 1 spiro atoms. The topological polar surface area (TPSA) is 23.6 Å². The molecule has 1 amide bonds. The zero-order valence-electron chi connectivity index (χ0n) is 16.1. The van der Waals surface area contributed by atoms with Crippen molar-refractivity contribution in [3.8, 4) is 0 Å². The molecule has 1 aliphatic carbocycles. The molecule has 28 heavy (non-hydrogen) atoms. The molecule has 0 unspecified atom stereocenters. The first kappa shape index (κ1) is 19.7. The van der Waals surface area contributed by atoms with Crippen molar-refractivity contribution < 1.29 is 22.4 Å². The van der Waals surface area contributed by atoms with Crippen LogP contribution in [0.4, 0.5) is 23.2 Å². The van der Waals surface area contributed by atoms with Crippen LogP contribution in [0, 0.1) is 11.7 Å². The van der Waals surface area contributed by atoms with Gasteiger partial charge in [-0.3, -0.25) is 4.79 Å². The number of likely N-dealkylation sites (tertiary alicyclic amines) is 1. The molecule has 0 aromatic heterocycles. The highest BCUT2D eigenvalue weighted by atomic mass is 19.4. The number of amides is 1. The fourth-order valence-electron chi connectivity index (χ4n) is 5.44. The largest absolute Gasteiger partial charge is 0.391 e. The van der Waals surface area contributed by atoms with Gasteiger partial charge in [-0.2, -0.15) is 13.2 Å². The molecule has 0 bridgehead atoms. The highest BCUT2D eigenvalue weighted by Crippen LogP contribution is 2.48. The molecule has 3 aliphatic rings. The highest BCUT2D eigenvalue weighted by molar-refractivity contribution is 5.94. The highest BCUT2D eigenvalue weighted by Gasteiger charge is 2.47. The zero-order valence-corrected chi connectivity index (χ0v) is 16.1. The van der Waals surface area contributed by atoms with E-state index in [4.69, 9.17) is 0 Å². The van der Waals surface area contributed by atoms with E-state index < -0.39 is 12.1 Å². The number of anilines is 1. The molecule has 0 atom stereocenters. The van der Waals surface area contributed by atoms with Gasteiger partial charge in [0.1, 0.15) is 5.82 Å². The molecule has 0 N–H and O–H groups in total. The van der Waals surface area contributed by atoms with E-state index in [-0.39, 0.29) is 36.0 Å². The fourth-order valence-corrected chi connectivity index (χ4v) is 5.44. The lowest BCUT2D eigenvalue weighted by Gasteiger charge is -2.45. The lowest BCUT2D eigenvalue weighted by molar-refractivity contribution is -0.184. The number of fused-ring (bicyclic) bond motifs is 2. The molecule has 2 heterocycles. The van der Waals surface area contributed by atoms with Gasteiger partial charge in [-0.1, -0.05) is 0 Å². The molecule has 2 aliphatic heterocycles. The Hall–Kier alpha value is -1.63. The monoisotopic (exact) mass is 398 g/mol. The van der Waals surface area contributed by atoms with Gasteiger partial charge < -0.3 is 9.80 Å². The predicted molar refractivity (Wildman–Crippen MR) is 98.7 cm³/mol. The number of benzene rings is 1. The van der Waals surface area contributed by atoms with Crippen LogP contribution in [0.2, 0.25) is 0 Å². The van der Waals surface area contributed by atoms with Crippen LogP contribution in [0.1, 0.15) is 51.0 Å². The number of carbonyl (C=O) groups excluding carboxylic acids is 1. The van der Waals surface area contributed by atoms with Crippen molar-refractivity contribution in [3.63, 3.8) is 0 Å². The number of hydrogen-bond donors (Lipinski definition) is 0. The van der Waals surface area contributed by atoms with Gasteiger partial charge in [-0.15, -0.1) is 0 Å². The van der Waals surface area contributed by atoms with E-state index in [0.717, 1.165) is 37.2 Å². The van der Waals surface area contributed by atoms with Crippen LogP contribution in [0.3, 0.4) is 0 Å². The second-order valence-corrected chi connectivity index (χ2v) is 8.63. The maximum atomic E-state index is 13.9. The molecule has 1 saturated carbocycles. The van der Waals surface area contributed by atoms with Crippen molar-refractivity contribution in [2.45, 2.75) is 63.1 Å². The van der Waals surface area contributed by atoms with Crippen molar-refractivity contribution in [1.82, 2.24) is 4.90 Å². The molecular formula is C21H26F4N2O. The molecule has 7 heteroatoms. The first-order chi connectivity index (χ1) is 13.2. The summed E-state index contributed by atoms with van der Waals surface area (Å²) in [6.07, 6.45) is -0.891. The van der Waals surface area contributed by atoms with Gasteiger partial charge >= 0.3 is 6.18 Å². The van der Waals surface area contributed by atoms with Gasteiger partial charge in [0.25, 0.3) is 0 Å². The van der Waals surface area contributed by atoms with E-state index in [1.54, 1.807) is 17.0 Å². The maximum Gasteiger partial charge on any atom is 0.391 e. The van der Waals surface area contributed by atoms with E-state index in [9.17, 15) is 22.4 Å². The van der Waals surface area contributed by atoms with Crippen molar-refractivity contribution in [3.05, 3.63) is 29.6 Å². The molecular weight excluding hydrogens is 372 g/mol. The summed E-state index contributed by atoms with van der Waals surface area (Å²) >= 11 is 0. The third-order valence-electron chi connectivity index (χ3n) is 7.09. The standard InChI is InChI=1S/C21H26F4N2O/c1-14(28)27-13-20(18-12-16(22)4-7-19(18)27)8-10-26(11-9-20)17-5-2-15(3-6-17)21(23,24)25/h4,7,12,15,17H,2-3,5-6,8-11,13H2,1H3. The van der Waals surface area contributed by atoms with E-state index in [2.05, 4.69) is 4.90 Å². The predicted octanol–water partition coefficient (Wildman–Crippen LogP) is 4.65. The average molecular weight is 398 g/mol. The molecule has 2 fully saturated rings. The maximum absolute atomic E-state index is 13.9. The summed E-state index contributed by atoms with van der Waals surface area (Å²) in [5, 5.41) is 0. The van der Waals surface area contributed by atoms with Crippen LogP contribution in [0.5, 0.6) is 0 Å². The van der Waals surface area contributed by atoms with Gasteiger partial charge in [-0.05, 0) is 75.4 Å². The smallest absolute Gasteiger partial charge is 0.311 e. The third kappa shape index (κ3) is 3.42. The van der Waals surface area contributed by atoms with Gasteiger partial charge in [0, 0.05) is 30.6 Å². The van der Waals surface area contributed by atoms with E-state index in [1.807, 2.05) is 0 Å². The Morgan fingerprint density at radius 1 is 1.11 bits per heavy atom. The van der Waals surface area contributed by atoms with Crippen LogP contribution >= 0.6 is 0 Å². The number of nitrogens with zero attached hydrogens (tertiary/aromatic N) is 2. The van der Waals surface area contributed by atoms with Gasteiger partial charge in [0.05, 0.1) is 5.92 Å². The molecule has 4 rings (SSSR count). The Labute approximate surface area is 162 Å². The normalized spacial score (nSPS) is 27.8. The molecule has 3 nitrogen and oxygen atoms in total. The number of alkyl halides is 3. The van der Waals surface area contributed by atoms with E-state index in [1.165, 1.54) is 13.0 Å². The fraction of sp³-hybridized carbons (Fsp3) is 0.667. The Kier molecular flexibility index (Phi) is 4.92. The van der Waals surface area contributed by atoms with Crippen molar-refractivity contribution in [2.75, 3.05) is 24.5 Å². The van der Waals surface area contributed by atoms with Gasteiger partial charge in [0.2, 0.25) is 5.91 Å². The molecule has 1 aromatic carbocycles. The number of hydrogen-bond acceptors (Lipinski definition) is 2. The minimum absolute atomic E-state index is 0.0439. The second kappa shape index (κ2) is 7.01. The minimum Gasteiger partial charge on any atom is -0.311 e. The average Bonchev–Trinajstić information content (AvgIpc) is 2.96. The quantitative estimate of drug-likeness (QED) is 0.643. The van der Waals surface area contributed by atoms with E-state index in [0.29, 0.717) is 19.4 Å². The van der Waals surface area contributed by atoms with Crippen LogP contribution in [-0.4, -0.2) is 42.7 Å². The van der Waals surface area contributed by atoms with Gasteiger partial charge in [-0.25, -0.2) is 4.39 Å². The van der Waals surface area contributed by atoms with Crippen LogP contribution in [0.15, 0.2) is 18.2 Å². The Bertz CT molecular complexity index is 747. The van der Waals surface area contributed by atoms with Crippen molar-refractivity contribution in [1.29, 1.82) is 0 Å². The number of piperidine rings is 1. The summed E-state index contributed by atoms with van der Waals surface area (Å²) in [7, 11) is 0. The van der Waals surface area contributed by atoms with Crippen molar-refractivity contribution in [2.24, 2.45) is 5.92 Å². The Balaban J connectivity index is 1.45. The van der Waals surface area contributed by atoms with Crippen LogP contribution in [0.25, 0.3) is 0 Å².